The van der Waals surface area contributed by atoms with Crippen LogP contribution in [0.3, 0.4) is 0 Å². The van der Waals surface area contributed by atoms with Gasteiger partial charge in [-0.2, -0.15) is 0 Å². The number of ether oxygens (including phenoxy) is 1. The fourth-order valence-corrected chi connectivity index (χ4v) is 4.65. The lowest BCUT2D eigenvalue weighted by molar-refractivity contribution is -0.136. The van der Waals surface area contributed by atoms with E-state index >= 15 is 0 Å². The van der Waals surface area contributed by atoms with Gasteiger partial charge in [0.25, 0.3) is 0 Å². The van der Waals surface area contributed by atoms with Crippen LogP contribution < -0.4 is 0 Å². The molecule has 2 aliphatic rings. The van der Waals surface area contributed by atoms with E-state index in [4.69, 9.17) is 4.74 Å². The molecular formula is C22H26FN3O3S. The van der Waals surface area contributed by atoms with Crippen LogP contribution in [0.2, 0.25) is 0 Å². The molecule has 2 heterocycles. The zero-order valence-electron chi connectivity index (χ0n) is 17.6. The second kappa shape index (κ2) is 9.47. The first-order valence-corrected chi connectivity index (χ1v) is 10.9. The van der Waals surface area contributed by atoms with E-state index in [1.165, 1.54) is 31.0 Å². The van der Waals surface area contributed by atoms with Crippen molar-refractivity contribution in [2.45, 2.75) is 39.7 Å². The maximum absolute atomic E-state index is 13.6. The number of esters is 1. The lowest BCUT2D eigenvalue weighted by atomic mass is 9.93. The molecule has 1 unspecified atom stereocenters. The standard InChI is InChI=1S/C22H26FN3O3S/c1-5-17-19(21(28)29-4)20(14-8-10-15(23)11-9-14)26-16(13-30-22(26)24-17)12-18(27)25(6-2)7-3/h8-11,13,20H,5-7,12H2,1-4H3. The van der Waals surface area contributed by atoms with Crippen molar-refractivity contribution in [2.75, 3.05) is 20.2 Å². The van der Waals surface area contributed by atoms with Gasteiger partial charge in [0.05, 0.1) is 30.8 Å². The average molecular weight is 432 g/mol. The van der Waals surface area contributed by atoms with E-state index in [1.807, 2.05) is 31.1 Å². The molecule has 8 heteroatoms. The Bertz CT molecular complexity index is 920. The highest BCUT2D eigenvalue weighted by atomic mass is 32.2. The highest BCUT2D eigenvalue weighted by molar-refractivity contribution is 8.16. The van der Waals surface area contributed by atoms with Crippen molar-refractivity contribution in [1.82, 2.24) is 9.80 Å². The number of thioether (sulfide) groups is 1. The molecule has 0 N–H and O–H groups in total. The smallest absolute Gasteiger partial charge is 0.338 e. The SMILES string of the molecule is CCC1=C(C(=O)OC)C(c2ccc(F)cc2)N2C(CC(=O)N(CC)CC)=CSC2=N1. The minimum atomic E-state index is -0.536. The summed E-state index contributed by atoms with van der Waals surface area (Å²) < 4.78 is 18.7. The van der Waals surface area contributed by atoms with Crippen LogP contribution in [-0.2, 0) is 14.3 Å². The molecule has 2 aliphatic heterocycles. The molecule has 160 valence electrons. The van der Waals surface area contributed by atoms with Gasteiger partial charge in [-0.3, -0.25) is 4.79 Å². The normalized spacial score (nSPS) is 18.0. The van der Waals surface area contributed by atoms with Crippen molar-refractivity contribution in [3.05, 3.63) is 58.0 Å². The van der Waals surface area contributed by atoms with Gasteiger partial charge in [0, 0.05) is 18.8 Å². The number of hydrogen-bond acceptors (Lipinski definition) is 6. The van der Waals surface area contributed by atoms with Crippen molar-refractivity contribution in [3.63, 3.8) is 0 Å². The second-order valence-electron chi connectivity index (χ2n) is 6.89. The molecule has 0 fully saturated rings. The van der Waals surface area contributed by atoms with Crippen molar-refractivity contribution in [3.8, 4) is 0 Å². The molecule has 1 aromatic carbocycles. The molecule has 6 nitrogen and oxygen atoms in total. The van der Waals surface area contributed by atoms with Crippen LogP contribution in [0.5, 0.6) is 0 Å². The Kier molecular flexibility index (Phi) is 6.97. The van der Waals surface area contributed by atoms with Crippen molar-refractivity contribution in [1.29, 1.82) is 0 Å². The molecule has 0 bridgehead atoms. The number of aliphatic imine (C=N–C) groups is 1. The van der Waals surface area contributed by atoms with Crippen LogP contribution in [0.25, 0.3) is 0 Å². The van der Waals surface area contributed by atoms with Crippen LogP contribution in [0.4, 0.5) is 4.39 Å². The number of nitrogens with zero attached hydrogens (tertiary/aromatic N) is 3. The number of benzene rings is 1. The summed E-state index contributed by atoms with van der Waals surface area (Å²) in [4.78, 5) is 33.9. The van der Waals surface area contributed by atoms with Gasteiger partial charge in [0.2, 0.25) is 5.91 Å². The third-order valence-corrected chi connectivity index (χ3v) is 6.15. The number of carbonyl (C=O) groups excluding carboxylic acids is 2. The Balaban J connectivity index is 2.06. The van der Waals surface area contributed by atoms with Crippen LogP contribution in [-0.4, -0.2) is 47.0 Å². The number of allylic oxidation sites excluding steroid dienone is 1. The molecule has 0 saturated heterocycles. The average Bonchev–Trinajstić information content (AvgIpc) is 3.15. The molecular weight excluding hydrogens is 405 g/mol. The molecule has 0 aromatic heterocycles. The second-order valence-corrected chi connectivity index (χ2v) is 7.73. The minimum absolute atomic E-state index is 0.0100. The van der Waals surface area contributed by atoms with Gasteiger partial charge in [-0.25, -0.2) is 14.2 Å². The summed E-state index contributed by atoms with van der Waals surface area (Å²) in [5, 5.41) is 2.61. The number of amidine groups is 1. The van der Waals surface area contributed by atoms with Gasteiger partial charge in [-0.05, 0) is 43.4 Å². The van der Waals surface area contributed by atoms with E-state index < -0.39 is 12.0 Å². The topological polar surface area (TPSA) is 62.2 Å². The van der Waals surface area contributed by atoms with Crippen molar-refractivity contribution in [2.24, 2.45) is 4.99 Å². The van der Waals surface area contributed by atoms with Gasteiger partial charge in [-0.1, -0.05) is 30.8 Å². The molecule has 0 saturated carbocycles. The number of carbonyl (C=O) groups is 2. The Morgan fingerprint density at radius 1 is 1.20 bits per heavy atom. The zero-order valence-corrected chi connectivity index (χ0v) is 18.5. The van der Waals surface area contributed by atoms with Crippen LogP contribution in [0.1, 0.15) is 45.2 Å². The van der Waals surface area contributed by atoms with Gasteiger partial charge >= 0.3 is 5.97 Å². The van der Waals surface area contributed by atoms with Gasteiger partial charge in [0.15, 0.2) is 5.17 Å². The number of methoxy groups -OCH3 is 1. The number of hydrogen-bond donors (Lipinski definition) is 0. The molecule has 0 spiro atoms. The maximum Gasteiger partial charge on any atom is 0.338 e. The molecule has 30 heavy (non-hydrogen) atoms. The fourth-order valence-electron chi connectivity index (χ4n) is 3.72. The van der Waals surface area contributed by atoms with E-state index in [0.717, 1.165) is 11.3 Å². The Hall–Kier alpha value is -2.61. The highest BCUT2D eigenvalue weighted by Crippen LogP contribution is 2.45. The van der Waals surface area contributed by atoms with E-state index in [-0.39, 0.29) is 18.1 Å². The van der Waals surface area contributed by atoms with Crippen LogP contribution in [0.15, 0.2) is 51.6 Å². The summed E-state index contributed by atoms with van der Waals surface area (Å²) in [6.07, 6.45) is 0.745. The predicted octanol–water partition coefficient (Wildman–Crippen LogP) is 4.22. The first kappa shape index (κ1) is 22.1. The monoisotopic (exact) mass is 431 g/mol. The quantitative estimate of drug-likeness (QED) is 0.605. The first-order chi connectivity index (χ1) is 14.4. The van der Waals surface area contributed by atoms with Crippen LogP contribution >= 0.6 is 11.8 Å². The summed E-state index contributed by atoms with van der Waals surface area (Å²) >= 11 is 1.43. The molecule has 1 atom stereocenters. The maximum atomic E-state index is 13.6. The molecule has 1 aromatic rings. The lowest BCUT2D eigenvalue weighted by Crippen LogP contribution is -2.38. The number of rotatable bonds is 7. The van der Waals surface area contributed by atoms with E-state index in [1.54, 1.807) is 17.0 Å². The largest absolute Gasteiger partial charge is 0.466 e. The van der Waals surface area contributed by atoms with Crippen molar-refractivity contribution < 1.29 is 18.7 Å². The third kappa shape index (κ3) is 4.14. The van der Waals surface area contributed by atoms with Gasteiger partial charge in [-0.15, -0.1) is 0 Å². The fraction of sp³-hybridized carbons (Fsp3) is 0.409. The summed E-state index contributed by atoms with van der Waals surface area (Å²) in [6, 6.07) is 5.52. The first-order valence-electron chi connectivity index (χ1n) is 10.0. The molecule has 3 rings (SSSR count). The third-order valence-electron chi connectivity index (χ3n) is 5.26. The van der Waals surface area contributed by atoms with Crippen LogP contribution in [0, 0.1) is 5.82 Å². The number of fused-ring (bicyclic) bond motifs is 1. The van der Waals surface area contributed by atoms with E-state index in [0.29, 0.717) is 35.9 Å². The summed E-state index contributed by atoms with van der Waals surface area (Å²) in [5.41, 5.74) is 2.55. The predicted molar refractivity (Wildman–Crippen MR) is 116 cm³/mol. The van der Waals surface area contributed by atoms with E-state index in [9.17, 15) is 14.0 Å². The van der Waals surface area contributed by atoms with E-state index in [2.05, 4.69) is 4.99 Å². The summed E-state index contributed by atoms with van der Waals surface area (Å²) in [7, 11) is 1.34. The van der Waals surface area contributed by atoms with Gasteiger partial charge in [0.1, 0.15) is 5.82 Å². The minimum Gasteiger partial charge on any atom is -0.466 e. The molecule has 1 amide bonds. The number of amides is 1. The highest BCUT2D eigenvalue weighted by Gasteiger charge is 2.41. The Morgan fingerprint density at radius 3 is 2.43 bits per heavy atom. The Labute approximate surface area is 180 Å². The summed E-state index contributed by atoms with van der Waals surface area (Å²) in [6.45, 7) is 7.08. The summed E-state index contributed by atoms with van der Waals surface area (Å²) in [5.74, 6) is -0.822. The molecule has 0 aliphatic carbocycles. The lowest BCUT2D eigenvalue weighted by Gasteiger charge is -2.37. The van der Waals surface area contributed by atoms with Crippen molar-refractivity contribution >= 4 is 28.8 Å². The molecule has 0 radical (unpaired) electrons. The number of halogens is 1. The van der Waals surface area contributed by atoms with Gasteiger partial charge < -0.3 is 14.5 Å². The Morgan fingerprint density at radius 2 is 1.87 bits per heavy atom. The zero-order chi connectivity index (χ0) is 21.8.